The molecule has 3 aliphatic carbocycles. The molecule has 1 heteroatoms. The Labute approximate surface area is 68.8 Å². The van der Waals surface area contributed by atoms with E-state index in [0.29, 0.717) is 11.3 Å². The van der Waals surface area contributed by atoms with Crippen LogP contribution in [0.4, 0.5) is 0 Å². The van der Waals surface area contributed by atoms with E-state index in [-0.39, 0.29) is 6.10 Å². The summed E-state index contributed by atoms with van der Waals surface area (Å²) in [6.07, 6.45) is 2.30. The molecule has 64 valence electrons. The molecule has 1 N–H and O–H groups in total. The van der Waals surface area contributed by atoms with Crippen molar-refractivity contribution in [2.24, 2.45) is 23.2 Å². The van der Waals surface area contributed by atoms with E-state index in [0.717, 1.165) is 18.3 Å². The Morgan fingerprint density at radius 3 is 2.18 bits per heavy atom. The maximum Gasteiger partial charge on any atom is 0.0576 e. The van der Waals surface area contributed by atoms with E-state index in [9.17, 15) is 5.11 Å². The third kappa shape index (κ3) is 0.807. The molecule has 3 saturated carbocycles. The Hall–Kier alpha value is -0.0400. The molecule has 0 unspecified atom stereocenters. The Morgan fingerprint density at radius 2 is 1.82 bits per heavy atom. The van der Waals surface area contributed by atoms with Gasteiger partial charge in [0.2, 0.25) is 0 Å². The first-order chi connectivity index (χ1) is 5.03. The van der Waals surface area contributed by atoms with Crippen LogP contribution in [0.1, 0.15) is 33.6 Å². The van der Waals surface area contributed by atoms with Gasteiger partial charge in [-0.3, -0.25) is 0 Å². The minimum absolute atomic E-state index is 0.00926. The molecule has 0 aromatic rings. The lowest BCUT2D eigenvalue weighted by Crippen LogP contribution is -2.57. The van der Waals surface area contributed by atoms with Gasteiger partial charge in [-0.15, -0.1) is 0 Å². The average molecular weight is 154 g/mol. The summed E-state index contributed by atoms with van der Waals surface area (Å²) in [4.78, 5) is 0. The lowest BCUT2D eigenvalue weighted by atomic mass is 9.45. The quantitative estimate of drug-likeness (QED) is 0.566. The van der Waals surface area contributed by atoms with E-state index in [2.05, 4.69) is 20.8 Å². The summed E-state index contributed by atoms with van der Waals surface area (Å²) in [6, 6.07) is 0. The van der Waals surface area contributed by atoms with Crippen molar-refractivity contribution in [3.05, 3.63) is 0 Å². The Morgan fingerprint density at radius 1 is 1.18 bits per heavy atom. The molecular weight excluding hydrogens is 136 g/mol. The van der Waals surface area contributed by atoms with E-state index < -0.39 is 0 Å². The summed E-state index contributed by atoms with van der Waals surface area (Å²) < 4.78 is 0. The predicted molar refractivity (Wildman–Crippen MR) is 45.2 cm³/mol. The fraction of sp³-hybridized carbons (Fsp3) is 1.00. The van der Waals surface area contributed by atoms with E-state index in [1.54, 1.807) is 0 Å². The van der Waals surface area contributed by atoms with Gasteiger partial charge in [-0.25, -0.2) is 0 Å². The van der Waals surface area contributed by atoms with Crippen LogP contribution in [-0.4, -0.2) is 11.2 Å². The SMILES string of the molecule is C[C@H]1C[C@@H](O)[C@H]2C[C@@H]1C2(C)C. The monoisotopic (exact) mass is 154 g/mol. The maximum absolute atomic E-state index is 9.72. The summed E-state index contributed by atoms with van der Waals surface area (Å²) in [5, 5.41) is 9.72. The molecule has 0 aromatic heterocycles. The standard InChI is InChI=1S/C10H18O/c1-6-4-9(11)8-5-7(6)10(8,2)3/h6-9,11H,4-5H2,1-3H3/t6-,7-,8+,9+/m0/s1. The van der Waals surface area contributed by atoms with Crippen molar-refractivity contribution in [1.29, 1.82) is 0 Å². The Kier molecular flexibility index (Phi) is 1.39. The molecular formula is C10H18O. The van der Waals surface area contributed by atoms with E-state index in [4.69, 9.17) is 0 Å². The fourth-order valence-corrected chi connectivity index (χ4v) is 3.32. The second-order valence-corrected chi connectivity index (χ2v) is 5.05. The normalized spacial score (nSPS) is 53.5. The minimum Gasteiger partial charge on any atom is -0.393 e. The molecule has 0 spiro atoms. The van der Waals surface area contributed by atoms with Crippen molar-refractivity contribution in [2.75, 3.05) is 0 Å². The van der Waals surface area contributed by atoms with Crippen molar-refractivity contribution in [1.82, 2.24) is 0 Å². The first-order valence-corrected chi connectivity index (χ1v) is 4.71. The van der Waals surface area contributed by atoms with Crippen LogP contribution in [0.5, 0.6) is 0 Å². The Bertz CT molecular complexity index is 158. The van der Waals surface area contributed by atoms with Crippen LogP contribution in [0.2, 0.25) is 0 Å². The van der Waals surface area contributed by atoms with Gasteiger partial charge < -0.3 is 5.11 Å². The molecule has 0 aromatic carbocycles. The largest absolute Gasteiger partial charge is 0.393 e. The van der Waals surface area contributed by atoms with Crippen molar-refractivity contribution < 1.29 is 5.11 Å². The first kappa shape index (κ1) is 7.60. The molecule has 1 nitrogen and oxygen atoms in total. The lowest BCUT2D eigenvalue weighted by Gasteiger charge is -2.61. The van der Waals surface area contributed by atoms with E-state index in [1.165, 1.54) is 6.42 Å². The van der Waals surface area contributed by atoms with Crippen molar-refractivity contribution in [3.8, 4) is 0 Å². The predicted octanol–water partition coefficient (Wildman–Crippen LogP) is 2.05. The van der Waals surface area contributed by atoms with Crippen LogP contribution >= 0.6 is 0 Å². The highest BCUT2D eigenvalue weighted by Gasteiger charge is 2.56. The van der Waals surface area contributed by atoms with Gasteiger partial charge in [0, 0.05) is 0 Å². The molecule has 3 aliphatic rings. The van der Waals surface area contributed by atoms with Gasteiger partial charge in [-0.1, -0.05) is 20.8 Å². The smallest absolute Gasteiger partial charge is 0.0576 e. The molecule has 0 radical (unpaired) electrons. The van der Waals surface area contributed by atoms with Crippen molar-refractivity contribution in [2.45, 2.75) is 39.7 Å². The number of hydrogen-bond acceptors (Lipinski definition) is 1. The van der Waals surface area contributed by atoms with Gasteiger partial charge in [0.1, 0.15) is 0 Å². The highest BCUT2D eigenvalue weighted by Crippen LogP contribution is 2.61. The fourth-order valence-electron chi connectivity index (χ4n) is 3.32. The summed E-state index contributed by atoms with van der Waals surface area (Å²) in [6.45, 7) is 6.90. The second-order valence-electron chi connectivity index (χ2n) is 5.05. The zero-order valence-corrected chi connectivity index (χ0v) is 7.67. The molecule has 3 rings (SSSR count). The zero-order valence-electron chi connectivity index (χ0n) is 7.67. The maximum atomic E-state index is 9.72. The van der Waals surface area contributed by atoms with Gasteiger partial charge >= 0.3 is 0 Å². The minimum atomic E-state index is -0.00926. The van der Waals surface area contributed by atoms with Crippen molar-refractivity contribution >= 4 is 0 Å². The molecule has 0 amide bonds. The molecule has 11 heavy (non-hydrogen) atoms. The van der Waals surface area contributed by atoms with Gasteiger partial charge in [-0.05, 0) is 36.0 Å². The summed E-state index contributed by atoms with van der Waals surface area (Å²) in [5.74, 6) is 2.23. The van der Waals surface area contributed by atoms with Crippen LogP contribution < -0.4 is 0 Å². The number of rotatable bonds is 0. The van der Waals surface area contributed by atoms with Crippen LogP contribution in [0.25, 0.3) is 0 Å². The van der Waals surface area contributed by atoms with Gasteiger partial charge in [0.25, 0.3) is 0 Å². The van der Waals surface area contributed by atoms with E-state index >= 15 is 0 Å². The molecule has 2 bridgehead atoms. The topological polar surface area (TPSA) is 20.2 Å². The third-order valence-electron chi connectivity index (χ3n) is 4.18. The third-order valence-corrected chi connectivity index (χ3v) is 4.18. The van der Waals surface area contributed by atoms with Gasteiger partial charge in [-0.2, -0.15) is 0 Å². The molecule has 3 fully saturated rings. The second kappa shape index (κ2) is 2.01. The van der Waals surface area contributed by atoms with Crippen LogP contribution in [0.15, 0.2) is 0 Å². The zero-order chi connectivity index (χ0) is 8.22. The number of hydrogen-bond donors (Lipinski definition) is 1. The van der Waals surface area contributed by atoms with E-state index in [1.807, 2.05) is 0 Å². The summed E-state index contributed by atoms with van der Waals surface area (Å²) >= 11 is 0. The van der Waals surface area contributed by atoms with Gasteiger partial charge in [0.15, 0.2) is 0 Å². The number of aliphatic hydroxyl groups excluding tert-OH is 1. The molecule has 0 aliphatic heterocycles. The van der Waals surface area contributed by atoms with Crippen LogP contribution in [0.3, 0.4) is 0 Å². The van der Waals surface area contributed by atoms with Crippen molar-refractivity contribution in [3.63, 3.8) is 0 Å². The lowest BCUT2D eigenvalue weighted by molar-refractivity contribution is -0.167. The van der Waals surface area contributed by atoms with Crippen LogP contribution in [0, 0.1) is 23.2 Å². The first-order valence-electron chi connectivity index (χ1n) is 4.71. The highest BCUT2D eigenvalue weighted by atomic mass is 16.3. The summed E-state index contributed by atoms with van der Waals surface area (Å²) in [7, 11) is 0. The number of aliphatic hydroxyl groups is 1. The van der Waals surface area contributed by atoms with Gasteiger partial charge in [0.05, 0.1) is 6.10 Å². The summed E-state index contributed by atoms with van der Waals surface area (Å²) in [5.41, 5.74) is 0.428. The molecule has 0 saturated heterocycles. The average Bonchev–Trinajstić information content (AvgIpc) is 1.84. The molecule has 0 heterocycles. The number of fused-ring (bicyclic) bond motifs is 2. The Balaban J connectivity index is 2.20. The highest BCUT2D eigenvalue weighted by molar-refractivity contribution is 5.05. The molecule has 4 atom stereocenters. The van der Waals surface area contributed by atoms with Crippen LogP contribution in [-0.2, 0) is 0 Å².